The average Bonchev–Trinajstić information content (AvgIpc) is 2.62. The van der Waals surface area contributed by atoms with Crippen LogP contribution in [-0.4, -0.2) is 36.5 Å². The molecular formula is C11H17N3O. The van der Waals surface area contributed by atoms with Crippen LogP contribution < -0.4 is 5.32 Å². The molecule has 0 bridgehead atoms. The fraction of sp³-hybridized carbons (Fsp3) is 0.818. The van der Waals surface area contributed by atoms with E-state index in [0.717, 1.165) is 38.9 Å². The van der Waals surface area contributed by atoms with Crippen LogP contribution in [0.1, 0.15) is 25.7 Å². The number of nitrogens with one attached hydrogen (secondary N) is 1. The maximum Gasteiger partial charge on any atom is 0.221 e. The van der Waals surface area contributed by atoms with Crippen molar-refractivity contribution in [2.75, 3.05) is 19.6 Å². The maximum absolute atomic E-state index is 11.2. The largest absolute Gasteiger partial charge is 0.355 e. The quantitative estimate of drug-likeness (QED) is 0.681. The first-order valence-electron chi connectivity index (χ1n) is 5.70. The Hall–Kier alpha value is -1.08. The normalized spacial score (nSPS) is 33.1. The Kier molecular flexibility index (Phi) is 3.22. The Bertz CT molecular complexity index is 284. The van der Waals surface area contributed by atoms with Gasteiger partial charge < -0.3 is 5.32 Å². The van der Waals surface area contributed by atoms with Gasteiger partial charge in [-0.2, -0.15) is 5.26 Å². The van der Waals surface area contributed by atoms with E-state index < -0.39 is 0 Å². The van der Waals surface area contributed by atoms with Crippen molar-refractivity contribution in [3.05, 3.63) is 0 Å². The van der Waals surface area contributed by atoms with Gasteiger partial charge in [-0.25, -0.2) is 0 Å². The van der Waals surface area contributed by atoms with Gasteiger partial charge in [0, 0.05) is 38.0 Å². The summed E-state index contributed by atoms with van der Waals surface area (Å²) in [5, 5.41) is 11.7. The molecule has 1 heterocycles. The van der Waals surface area contributed by atoms with E-state index in [-0.39, 0.29) is 11.8 Å². The van der Waals surface area contributed by atoms with Crippen molar-refractivity contribution in [1.82, 2.24) is 10.2 Å². The Morgan fingerprint density at radius 3 is 3.00 bits per heavy atom. The van der Waals surface area contributed by atoms with Gasteiger partial charge in [-0.05, 0) is 19.3 Å². The second kappa shape index (κ2) is 4.63. The second-order valence-electron chi connectivity index (χ2n) is 4.43. The number of hydrogen-bond acceptors (Lipinski definition) is 3. The molecule has 1 saturated heterocycles. The number of carbonyl (C=O) groups is 1. The van der Waals surface area contributed by atoms with Gasteiger partial charge in [0.2, 0.25) is 5.91 Å². The molecule has 2 aliphatic rings. The summed E-state index contributed by atoms with van der Waals surface area (Å²) in [5.74, 6) is 0.397. The lowest BCUT2D eigenvalue weighted by molar-refractivity contribution is -0.120. The number of nitrogens with zero attached hydrogens (tertiary/aromatic N) is 2. The number of rotatable bonds is 1. The van der Waals surface area contributed by atoms with Crippen LogP contribution in [0.25, 0.3) is 0 Å². The lowest BCUT2D eigenvalue weighted by Gasteiger charge is -2.26. The molecule has 4 nitrogen and oxygen atoms in total. The van der Waals surface area contributed by atoms with Gasteiger partial charge >= 0.3 is 0 Å². The van der Waals surface area contributed by atoms with E-state index in [1.54, 1.807) is 0 Å². The van der Waals surface area contributed by atoms with Crippen molar-refractivity contribution < 1.29 is 4.79 Å². The molecule has 82 valence electrons. The SMILES string of the molecule is N#CC1CCC(N2CCNC(=O)CC2)C1. The molecule has 4 heteroatoms. The standard InChI is InChI=1S/C11H17N3O/c12-8-9-1-2-10(7-9)14-5-3-11(15)13-4-6-14/h9-10H,1-7H2,(H,13,15). The molecule has 2 atom stereocenters. The van der Waals surface area contributed by atoms with Gasteiger partial charge in [0.05, 0.1) is 6.07 Å². The van der Waals surface area contributed by atoms with E-state index in [2.05, 4.69) is 16.3 Å². The molecule has 1 aliphatic heterocycles. The van der Waals surface area contributed by atoms with E-state index in [9.17, 15) is 4.79 Å². The minimum Gasteiger partial charge on any atom is -0.355 e. The molecule has 1 N–H and O–H groups in total. The van der Waals surface area contributed by atoms with Crippen LogP contribution in [0.5, 0.6) is 0 Å². The number of amides is 1. The molecule has 2 unspecified atom stereocenters. The van der Waals surface area contributed by atoms with E-state index in [0.29, 0.717) is 12.5 Å². The number of carbonyl (C=O) groups excluding carboxylic acids is 1. The van der Waals surface area contributed by atoms with Crippen LogP contribution in [0, 0.1) is 17.2 Å². The zero-order valence-corrected chi connectivity index (χ0v) is 8.91. The van der Waals surface area contributed by atoms with Crippen LogP contribution in [0.3, 0.4) is 0 Å². The minimum absolute atomic E-state index is 0.160. The third kappa shape index (κ3) is 2.48. The Labute approximate surface area is 90.2 Å². The highest BCUT2D eigenvalue weighted by molar-refractivity contribution is 5.76. The van der Waals surface area contributed by atoms with Gasteiger partial charge in [-0.1, -0.05) is 0 Å². The fourth-order valence-electron chi connectivity index (χ4n) is 2.56. The molecule has 2 rings (SSSR count). The summed E-state index contributed by atoms with van der Waals surface area (Å²) in [7, 11) is 0. The van der Waals surface area contributed by atoms with Gasteiger partial charge in [-0.15, -0.1) is 0 Å². The predicted molar refractivity (Wildman–Crippen MR) is 55.9 cm³/mol. The van der Waals surface area contributed by atoms with E-state index in [1.807, 2.05) is 0 Å². The fourth-order valence-corrected chi connectivity index (χ4v) is 2.56. The molecule has 0 aromatic rings. The van der Waals surface area contributed by atoms with Crippen LogP contribution in [0.15, 0.2) is 0 Å². The molecule has 1 amide bonds. The molecule has 0 radical (unpaired) electrons. The molecule has 0 spiro atoms. The first-order valence-corrected chi connectivity index (χ1v) is 5.70. The van der Waals surface area contributed by atoms with E-state index >= 15 is 0 Å². The monoisotopic (exact) mass is 207 g/mol. The van der Waals surface area contributed by atoms with Crippen LogP contribution in [0.4, 0.5) is 0 Å². The van der Waals surface area contributed by atoms with Gasteiger partial charge in [-0.3, -0.25) is 9.69 Å². The zero-order valence-electron chi connectivity index (χ0n) is 8.91. The smallest absolute Gasteiger partial charge is 0.221 e. The summed E-state index contributed by atoms with van der Waals surface area (Å²) >= 11 is 0. The van der Waals surface area contributed by atoms with Gasteiger partial charge in [0.25, 0.3) is 0 Å². The lowest BCUT2D eigenvalue weighted by atomic mass is 10.1. The van der Waals surface area contributed by atoms with Crippen molar-refractivity contribution in [2.24, 2.45) is 5.92 Å². The van der Waals surface area contributed by atoms with Crippen LogP contribution in [0.2, 0.25) is 0 Å². The summed E-state index contributed by atoms with van der Waals surface area (Å²) < 4.78 is 0. The first kappa shape index (κ1) is 10.4. The summed E-state index contributed by atoms with van der Waals surface area (Å²) in [5.41, 5.74) is 0. The summed E-state index contributed by atoms with van der Waals surface area (Å²) in [6, 6.07) is 2.88. The highest BCUT2D eigenvalue weighted by atomic mass is 16.1. The molecular weight excluding hydrogens is 190 g/mol. The molecule has 1 aliphatic carbocycles. The van der Waals surface area contributed by atoms with Crippen molar-refractivity contribution in [3.8, 4) is 6.07 Å². The third-order valence-electron chi connectivity index (χ3n) is 3.45. The molecule has 15 heavy (non-hydrogen) atoms. The molecule has 0 aromatic heterocycles. The van der Waals surface area contributed by atoms with E-state index in [1.165, 1.54) is 0 Å². The minimum atomic E-state index is 0.160. The van der Waals surface area contributed by atoms with E-state index in [4.69, 9.17) is 5.26 Å². The summed E-state index contributed by atoms with van der Waals surface area (Å²) in [6.45, 7) is 2.55. The lowest BCUT2D eigenvalue weighted by Crippen LogP contribution is -2.36. The highest BCUT2D eigenvalue weighted by Crippen LogP contribution is 2.28. The van der Waals surface area contributed by atoms with Gasteiger partial charge in [0.15, 0.2) is 0 Å². The first-order chi connectivity index (χ1) is 7.29. The second-order valence-corrected chi connectivity index (χ2v) is 4.43. The Balaban J connectivity index is 1.88. The Morgan fingerprint density at radius 2 is 2.27 bits per heavy atom. The number of hydrogen-bond donors (Lipinski definition) is 1. The summed E-state index contributed by atoms with van der Waals surface area (Å²) in [6.07, 6.45) is 3.74. The zero-order chi connectivity index (χ0) is 10.7. The maximum atomic E-state index is 11.2. The predicted octanol–water partition coefficient (Wildman–Crippen LogP) is 0.501. The van der Waals surface area contributed by atoms with Gasteiger partial charge in [0.1, 0.15) is 0 Å². The average molecular weight is 207 g/mol. The molecule has 0 aromatic carbocycles. The van der Waals surface area contributed by atoms with Crippen molar-refractivity contribution >= 4 is 5.91 Å². The van der Waals surface area contributed by atoms with Crippen molar-refractivity contribution in [2.45, 2.75) is 31.7 Å². The molecule has 1 saturated carbocycles. The van der Waals surface area contributed by atoms with Crippen molar-refractivity contribution in [1.29, 1.82) is 5.26 Å². The Morgan fingerprint density at radius 1 is 1.40 bits per heavy atom. The van der Waals surface area contributed by atoms with Crippen LogP contribution in [-0.2, 0) is 4.79 Å². The molecule has 2 fully saturated rings. The third-order valence-corrected chi connectivity index (χ3v) is 3.45. The van der Waals surface area contributed by atoms with Crippen LogP contribution >= 0.6 is 0 Å². The number of nitriles is 1. The van der Waals surface area contributed by atoms with Crippen molar-refractivity contribution in [3.63, 3.8) is 0 Å². The summed E-state index contributed by atoms with van der Waals surface area (Å²) in [4.78, 5) is 13.5. The highest BCUT2D eigenvalue weighted by Gasteiger charge is 2.29. The topological polar surface area (TPSA) is 56.1 Å².